The highest BCUT2D eigenvalue weighted by atomic mass is 16.5. The Bertz CT molecular complexity index is 504. The fourth-order valence-electron chi connectivity index (χ4n) is 1.72. The number of methoxy groups -OCH3 is 1. The minimum Gasteiger partial charge on any atom is -0.438 e. The van der Waals surface area contributed by atoms with Gasteiger partial charge in [-0.05, 0) is 13.0 Å². The van der Waals surface area contributed by atoms with Crippen LogP contribution in [-0.4, -0.2) is 35.0 Å². The molecule has 0 saturated carbocycles. The van der Waals surface area contributed by atoms with Gasteiger partial charge in [0.05, 0.1) is 25.0 Å². The summed E-state index contributed by atoms with van der Waals surface area (Å²) in [5.74, 6) is 1.40. The molecule has 0 spiro atoms. The molecule has 0 aliphatic heterocycles. The number of nitrogens with one attached hydrogen (secondary N) is 1. The van der Waals surface area contributed by atoms with E-state index in [0.717, 1.165) is 23.7 Å². The highest BCUT2D eigenvalue weighted by Gasteiger charge is 2.10. The normalized spacial score (nSPS) is 11.1. The number of hydrogen-bond donors (Lipinski definition) is 1. The van der Waals surface area contributed by atoms with Crippen LogP contribution in [0.3, 0.4) is 0 Å². The van der Waals surface area contributed by atoms with E-state index in [2.05, 4.69) is 15.4 Å². The Hall–Kier alpha value is -1.66. The van der Waals surface area contributed by atoms with Crippen molar-refractivity contribution in [2.75, 3.05) is 20.3 Å². The van der Waals surface area contributed by atoms with Crippen molar-refractivity contribution in [2.24, 2.45) is 7.05 Å². The van der Waals surface area contributed by atoms with Crippen LogP contribution in [0.4, 0.5) is 0 Å². The van der Waals surface area contributed by atoms with Crippen LogP contribution in [0.1, 0.15) is 11.6 Å². The van der Waals surface area contributed by atoms with Gasteiger partial charge in [0.25, 0.3) is 0 Å². The molecule has 2 aromatic heterocycles. The van der Waals surface area contributed by atoms with Crippen molar-refractivity contribution in [3.05, 3.63) is 23.8 Å². The summed E-state index contributed by atoms with van der Waals surface area (Å²) < 4.78 is 12.4. The van der Waals surface area contributed by atoms with Gasteiger partial charge in [0.1, 0.15) is 5.69 Å². The van der Waals surface area contributed by atoms with Gasteiger partial charge in [0.2, 0.25) is 5.89 Å². The molecule has 2 rings (SSSR count). The van der Waals surface area contributed by atoms with Crippen molar-refractivity contribution in [1.82, 2.24) is 20.1 Å². The summed E-state index contributed by atoms with van der Waals surface area (Å²) in [6, 6.07) is 1.97. The standard InChI is InChI=1S/C12H18N4O2/c1-9-6-10(16(2)15-9)11-7-14-12(18-11)8-13-4-5-17-3/h6-7,13H,4-5,8H2,1-3H3. The van der Waals surface area contributed by atoms with E-state index in [0.29, 0.717) is 19.0 Å². The van der Waals surface area contributed by atoms with Gasteiger partial charge in [-0.1, -0.05) is 0 Å². The SMILES string of the molecule is COCCNCc1ncc(-c2cc(C)nn2C)o1. The highest BCUT2D eigenvalue weighted by Crippen LogP contribution is 2.20. The molecule has 0 saturated heterocycles. The summed E-state index contributed by atoms with van der Waals surface area (Å²) in [5.41, 5.74) is 1.90. The quantitative estimate of drug-likeness (QED) is 0.778. The molecule has 18 heavy (non-hydrogen) atoms. The minimum atomic E-state index is 0.597. The van der Waals surface area contributed by atoms with E-state index >= 15 is 0 Å². The van der Waals surface area contributed by atoms with Crippen LogP contribution in [0, 0.1) is 6.92 Å². The Morgan fingerprint density at radius 3 is 3.00 bits per heavy atom. The molecule has 0 fully saturated rings. The van der Waals surface area contributed by atoms with Crippen LogP contribution in [-0.2, 0) is 18.3 Å². The number of aryl methyl sites for hydroxylation is 2. The van der Waals surface area contributed by atoms with Crippen LogP contribution in [0.25, 0.3) is 11.5 Å². The first-order valence-corrected chi connectivity index (χ1v) is 5.86. The van der Waals surface area contributed by atoms with Crippen molar-refractivity contribution in [1.29, 1.82) is 0 Å². The van der Waals surface area contributed by atoms with E-state index in [1.165, 1.54) is 0 Å². The second kappa shape index (κ2) is 5.79. The van der Waals surface area contributed by atoms with Crippen molar-refractivity contribution in [3.8, 4) is 11.5 Å². The summed E-state index contributed by atoms with van der Waals surface area (Å²) in [5, 5.41) is 7.46. The predicted molar refractivity (Wildman–Crippen MR) is 67.0 cm³/mol. The zero-order chi connectivity index (χ0) is 13.0. The maximum atomic E-state index is 5.67. The summed E-state index contributed by atoms with van der Waals surface area (Å²) >= 11 is 0. The van der Waals surface area contributed by atoms with Gasteiger partial charge in [0, 0.05) is 20.7 Å². The first-order chi connectivity index (χ1) is 8.70. The molecule has 0 atom stereocenters. The molecule has 2 aromatic rings. The molecule has 98 valence electrons. The number of rotatable bonds is 6. The first-order valence-electron chi connectivity index (χ1n) is 5.86. The second-order valence-corrected chi connectivity index (χ2v) is 4.08. The minimum absolute atomic E-state index is 0.597. The molecule has 0 aromatic carbocycles. The molecule has 6 heteroatoms. The third-order valence-corrected chi connectivity index (χ3v) is 2.57. The maximum absolute atomic E-state index is 5.67. The summed E-state index contributed by atoms with van der Waals surface area (Å²) in [6.07, 6.45) is 1.73. The fourth-order valence-corrected chi connectivity index (χ4v) is 1.72. The lowest BCUT2D eigenvalue weighted by atomic mass is 10.3. The van der Waals surface area contributed by atoms with Gasteiger partial charge < -0.3 is 14.5 Å². The number of aromatic nitrogens is 3. The maximum Gasteiger partial charge on any atom is 0.208 e. The smallest absolute Gasteiger partial charge is 0.208 e. The van der Waals surface area contributed by atoms with Crippen LogP contribution in [0.15, 0.2) is 16.7 Å². The van der Waals surface area contributed by atoms with Crippen LogP contribution >= 0.6 is 0 Å². The second-order valence-electron chi connectivity index (χ2n) is 4.08. The Labute approximate surface area is 106 Å². The topological polar surface area (TPSA) is 65.1 Å². The fraction of sp³-hybridized carbons (Fsp3) is 0.500. The van der Waals surface area contributed by atoms with Gasteiger partial charge >= 0.3 is 0 Å². The Morgan fingerprint density at radius 2 is 2.33 bits per heavy atom. The lowest BCUT2D eigenvalue weighted by Crippen LogP contribution is -2.18. The third-order valence-electron chi connectivity index (χ3n) is 2.57. The molecule has 0 aliphatic rings. The summed E-state index contributed by atoms with van der Waals surface area (Å²) in [4.78, 5) is 4.23. The highest BCUT2D eigenvalue weighted by molar-refractivity contribution is 5.51. The Kier molecular flexibility index (Phi) is 4.11. The average Bonchev–Trinajstić information content (AvgIpc) is 2.91. The van der Waals surface area contributed by atoms with E-state index < -0.39 is 0 Å². The lowest BCUT2D eigenvalue weighted by Gasteiger charge is -2.00. The van der Waals surface area contributed by atoms with E-state index in [9.17, 15) is 0 Å². The zero-order valence-corrected chi connectivity index (χ0v) is 10.9. The van der Waals surface area contributed by atoms with Gasteiger partial charge in [0.15, 0.2) is 5.76 Å². The summed E-state index contributed by atoms with van der Waals surface area (Å²) in [6.45, 7) is 4.00. The van der Waals surface area contributed by atoms with Crippen molar-refractivity contribution < 1.29 is 9.15 Å². The molecule has 6 nitrogen and oxygen atoms in total. The number of oxazole rings is 1. The molecule has 2 heterocycles. The van der Waals surface area contributed by atoms with Gasteiger partial charge in [-0.3, -0.25) is 4.68 Å². The van der Waals surface area contributed by atoms with Crippen molar-refractivity contribution >= 4 is 0 Å². The monoisotopic (exact) mass is 250 g/mol. The van der Waals surface area contributed by atoms with Gasteiger partial charge in [-0.15, -0.1) is 0 Å². The average molecular weight is 250 g/mol. The van der Waals surface area contributed by atoms with E-state index in [1.54, 1.807) is 18.0 Å². The molecular formula is C12H18N4O2. The molecule has 1 N–H and O–H groups in total. The largest absolute Gasteiger partial charge is 0.438 e. The molecular weight excluding hydrogens is 232 g/mol. The summed E-state index contributed by atoms with van der Waals surface area (Å²) in [7, 11) is 3.57. The van der Waals surface area contributed by atoms with E-state index in [4.69, 9.17) is 9.15 Å². The first kappa shape index (κ1) is 12.8. The van der Waals surface area contributed by atoms with E-state index in [-0.39, 0.29) is 0 Å². The van der Waals surface area contributed by atoms with Crippen LogP contribution in [0.5, 0.6) is 0 Å². The molecule has 0 radical (unpaired) electrons. The van der Waals surface area contributed by atoms with Crippen LogP contribution < -0.4 is 5.32 Å². The third kappa shape index (κ3) is 2.96. The van der Waals surface area contributed by atoms with Gasteiger partial charge in [-0.25, -0.2) is 4.98 Å². The van der Waals surface area contributed by atoms with Crippen molar-refractivity contribution in [2.45, 2.75) is 13.5 Å². The number of hydrogen-bond acceptors (Lipinski definition) is 5. The Morgan fingerprint density at radius 1 is 1.50 bits per heavy atom. The number of nitrogens with zero attached hydrogens (tertiary/aromatic N) is 3. The predicted octanol–water partition coefficient (Wildman–Crippen LogP) is 1.12. The van der Waals surface area contributed by atoms with Gasteiger partial charge in [-0.2, -0.15) is 5.10 Å². The molecule has 0 amide bonds. The number of ether oxygens (including phenoxy) is 1. The Balaban J connectivity index is 1.99. The van der Waals surface area contributed by atoms with E-state index in [1.807, 2.05) is 20.0 Å². The zero-order valence-electron chi connectivity index (χ0n) is 10.9. The molecule has 0 bridgehead atoms. The molecule has 0 unspecified atom stereocenters. The lowest BCUT2D eigenvalue weighted by molar-refractivity contribution is 0.198. The van der Waals surface area contributed by atoms with Crippen molar-refractivity contribution in [3.63, 3.8) is 0 Å². The molecule has 0 aliphatic carbocycles. The van der Waals surface area contributed by atoms with Crippen LogP contribution in [0.2, 0.25) is 0 Å².